The Labute approximate surface area is 183 Å². The minimum absolute atomic E-state index is 0.166. The minimum atomic E-state index is 0.166. The van der Waals surface area contributed by atoms with Crippen molar-refractivity contribution in [3.63, 3.8) is 0 Å². The standard InChI is InChI=1S/C26H30N2OS/c1-2-3-5-8-24-17-22(13-14-27-24)25-18-23(19-30-25)20-9-11-21(12-10-20)26(29)28-15-6-4-7-16-28/h9-14,17-19H,2-8,15-16H2,1H3. The topological polar surface area (TPSA) is 33.2 Å². The highest BCUT2D eigenvalue weighted by Gasteiger charge is 2.18. The number of likely N-dealkylation sites (tertiary alicyclic amines) is 1. The van der Waals surface area contributed by atoms with Crippen LogP contribution in [0.3, 0.4) is 0 Å². The second-order valence-corrected chi connectivity index (χ2v) is 9.03. The number of rotatable bonds is 7. The number of benzene rings is 1. The third-order valence-electron chi connectivity index (χ3n) is 5.85. The van der Waals surface area contributed by atoms with Gasteiger partial charge in [0.1, 0.15) is 0 Å². The smallest absolute Gasteiger partial charge is 0.253 e. The maximum absolute atomic E-state index is 12.7. The first-order valence-electron chi connectivity index (χ1n) is 11.2. The van der Waals surface area contributed by atoms with E-state index in [0.717, 1.165) is 43.5 Å². The molecule has 1 aromatic carbocycles. The van der Waals surface area contributed by atoms with Crippen LogP contribution < -0.4 is 0 Å². The van der Waals surface area contributed by atoms with E-state index >= 15 is 0 Å². The SMILES string of the molecule is CCCCCc1cc(-c2cc(-c3ccc(C(=O)N4CCCCC4)cc3)cs2)ccn1. The van der Waals surface area contributed by atoms with Crippen LogP contribution in [0.25, 0.3) is 21.6 Å². The van der Waals surface area contributed by atoms with E-state index in [9.17, 15) is 4.79 Å². The Kier molecular flexibility index (Phi) is 6.96. The van der Waals surface area contributed by atoms with Gasteiger partial charge >= 0.3 is 0 Å². The molecule has 0 atom stereocenters. The molecule has 0 N–H and O–H groups in total. The first-order valence-corrected chi connectivity index (χ1v) is 12.1. The lowest BCUT2D eigenvalue weighted by Gasteiger charge is -2.26. The summed E-state index contributed by atoms with van der Waals surface area (Å²) in [5.74, 6) is 0.166. The van der Waals surface area contributed by atoms with Crippen molar-refractivity contribution in [2.24, 2.45) is 0 Å². The summed E-state index contributed by atoms with van der Waals surface area (Å²) >= 11 is 1.76. The fourth-order valence-corrected chi connectivity index (χ4v) is 4.96. The molecule has 3 aromatic rings. The van der Waals surface area contributed by atoms with Crippen molar-refractivity contribution in [3.05, 3.63) is 65.3 Å². The van der Waals surface area contributed by atoms with Crippen molar-refractivity contribution < 1.29 is 4.79 Å². The lowest BCUT2D eigenvalue weighted by Crippen LogP contribution is -2.35. The van der Waals surface area contributed by atoms with Crippen LogP contribution in [0.2, 0.25) is 0 Å². The van der Waals surface area contributed by atoms with E-state index in [1.54, 1.807) is 11.3 Å². The van der Waals surface area contributed by atoms with Gasteiger partial charge in [-0.05, 0) is 84.5 Å². The Morgan fingerprint density at radius 1 is 0.967 bits per heavy atom. The molecule has 3 heterocycles. The third-order valence-corrected chi connectivity index (χ3v) is 6.82. The van der Waals surface area contributed by atoms with Gasteiger partial charge in [0.05, 0.1) is 0 Å². The van der Waals surface area contributed by atoms with Gasteiger partial charge in [0.2, 0.25) is 0 Å². The van der Waals surface area contributed by atoms with E-state index in [1.807, 2.05) is 23.2 Å². The lowest BCUT2D eigenvalue weighted by atomic mass is 10.0. The molecular weight excluding hydrogens is 388 g/mol. The van der Waals surface area contributed by atoms with Gasteiger partial charge in [-0.2, -0.15) is 0 Å². The normalized spacial score (nSPS) is 14.1. The van der Waals surface area contributed by atoms with Crippen molar-refractivity contribution in [1.82, 2.24) is 9.88 Å². The number of aromatic nitrogens is 1. The molecule has 1 aliphatic heterocycles. The maximum Gasteiger partial charge on any atom is 0.253 e. The number of unbranched alkanes of at least 4 members (excludes halogenated alkanes) is 2. The number of hydrogen-bond acceptors (Lipinski definition) is 3. The highest BCUT2D eigenvalue weighted by molar-refractivity contribution is 7.14. The Morgan fingerprint density at radius 3 is 2.53 bits per heavy atom. The molecule has 2 aromatic heterocycles. The molecule has 0 spiro atoms. The average molecular weight is 419 g/mol. The second-order valence-electron chi connectivity index (χ2n) is 8.12. The number of pyridine rings is 1. The number of nitrogens with zero attached hydrogens (tertiary/aromatic N) is 2. The largest absolute Gasteiger partial charge is 0.339 e. The zero-order chi connectivity index (χ0) is 20.8. The van der Waals surface area contributed by atoms with Gasteiger partial charge in [-0.15, -0.1) is 11.3 Å². The summed E-state index contributed by atoms with van der Waals surface area (Å²) in [6.45, 7) is 4.01. The molecule has 1 saturated heterocycles. The Hall–Kier alpha value is -2.46. The van der Waals surface area contributed by atoms with Gasteiger partial charge in [0, 0.05) is 35.4 Å². The second kappa shape index (κ2) is 10.0. The third kappa shape index (κ3) is 4.99. The maximum atomic E-state index is 12.7. The van der Waals surface area contributed by atoms with Crippen molar-refractivity contribution in [1.29, 1.82) is 0 Å². The van der Waals surface area contributed by atoms with Crippen molar-refractivity contribution in [2.75, 3.05) is 13.1 Å². The van der Waals surface area contributed by atoms with E-state index in [-0.39, 0.29) is 5.91 Å². The zero-order valence-corrected chi connectivity index (χ0v) is 18.6. The summed E-state index contributed by atoms with van der Waals surface area (Å²) < 4.78 is 0. The predicted octanol–water partition coefficient (Wildman–Crippen LogP) is 6.84. The number of amides is 1. The number of aryl methyl sites for hydroxylation is 1. The highest BCUT2D eigenvalue weighted by Crippen LogP contribution is 2.33. The lowest BCUT2D eigenvalue weighted by molar-refractivity contribution is 0.0724. The zero-order valence-electron chi connectivity index (χ0n) is 17.8. The predicted molar refractivity (Wildman–Crippen MR) is 126 cm³/mol. The molecule has 4 rings (SSSR count). The van der Waals surface area contributed by atoms with Gasteiger partial charge < -0.3 is 4.90 Å². The summed E-state index contributed by atoms with van der Waals surface area (Å²) in [7, 11) is 0. The molecule has 1 aliphatic rings. The minimum Gasteiger partial charge on any atom is -0.339 e. The molecule has 1 fully saturated rings. The van der Waals surface area contributed by atoms with Crippen LogP contribution in [-0.2, 0) is 6.42 Å². The Bertz CT molecular complexity index is 971. The van der Waals surface area contributed by atoms with E-state index in [1.165, 1.54) is 47.4 Å². The summed E-state index contributed by atoms with van der Waals surface area (Å²) in [5.41, 5.74) is 5.57. The van der Waals surface area contributed by atoms with Crippen molar-refractivity contribution >= 4 is 17.2 Å². The molecule has 0 saturated carbocycles. The van der Waals surface area contributed by atoms with Crippen LogP contribution in [0.1, 0.15) is 61.5 Å². The van der Waals surface area contributed by atoms with E-state index in [2.05, 4.69) is 47.6 Å². The molecule has 3 nitrogen and oxygen atoms in total. The molecule has 156 valence electrons. The molecule has 0 unspecified atom stereocenters. The van der Waals surface area contributed by atoms with Crippen LogP contribution in [-0.4, -0.2) is 28.9 Å². The molecule has 1 amide bonds. The summed E-state index contributed by atoms with van der Waals surface area (Å²) in [4.78, 5) is 20.5. The molecule has 4 heteroatoms. The quantitative estimate of drug-likeness (QED) is 0.394. The molecular formula is C26H30N2OS. The number of piperidine rings is 1. The van der Waals surface area contributed by atoms with E-state index in [0.29, 0.717) is 0 Å². The molecule has 0 aliphatic carbocycles. The first kappa shape index (κ1) is 20.8. The Balaban J connectivity index is 1.46. The van der Waals surface area contributed by atoms with Crippen LogP contribution in [0.5, 0.6) is 0 Å². The molecule has 0 bridgehead atoms. The first-order chi connectivity index (χ1) is 14.7. The van der Waals surface area contributed by atoms with Crippen LogP contribution in [0.4, 0.5) is 0 Å². The summed E-state index contributed by atoms with van der Waals surface area (Å²) in [6.07, 6.45) is 10.1. The van der Waals surface area contributed by atoms with Gasteiger partial charge in [0.25, 0.3) is 5.91 Å². The number of carbonyl (C=O) groups excluding carboxylic acids is 1. The molecule has 0 radical (unpaired) electrons. The fraction of sp³-hybridized carbons (Fsp3) is 0.385. The highest BCUT2D eigenvalue weighted by atomic mass is 32.1. The number of hydrogen-bond donors (Lipinski definition) is 0. The monoisotopic (exact) mass is 418 g/mol. The van der Waals surface area contributed by atoms with E-state index in [4.69, 9.17) is 0 Å². The van der Waals surface area contributed by atoms with E-state index < -0.39 is 0 Å². The van der Waals surface area contributed by atoms with Crippen molar-refractivity contribution in [2.45, 2.75) is 51.9 Å². The number of carbonyl (C=O) groups is 1. The number of thiophene rings is 1. The fourth-order valence-electron chi connectivity index (χ4n) is 4.05. The van der Waals surface area contributed by atoms with Gasteiger partial charge in [-0.3, -0.25) is 9.78 Å². The Morgan fingerprint density at radius 2 is 1.77 bits per heavy atom. The van der Waals surface area contributed by atoms with Crippen LogP contribution >= 0.6 is 11.3 Å². The average Bonchev–Trinajstić information content (AvgIpc) is 3.30. The molecule has 30 heavy (non-hydrogen) atoms. The summed E-state index contributed by atoms with van der Waals surface area (Å²) in [5, 5.41) is 2.20. The van der Waals surface area contributed by atoms with Crippen LogP contribution in [0.15, 0.2) is 54.0 Å². The van der Waals surface area contributed by atoms with Crippen molar-refractivity contribution in [3.8, 4) is 21.6 Å². The van der Waals surface area contributed by atoms with Gasteiger partial charge in [0.15, 0.2) is 0 Å². The summed E-state index contributed by atoms with van der Waals surface area (Å²) in [6, 6.07) is 14.7. The van der Waals surface area contributed by atoms with Gasteiger partial charge in [-0.1, -0.05) is 31.9 Å². The van der Waals surface area contributed by atoms with Crippen LogP contribution in [0, 0.1) is 0 Å². The van der Waals surface area contributed by atoms with Gasteiger partial charge in [-0.25, -0.2) is 0 Å².